The highest BCUT2D eigenvalue weighted by molar-refractivity contribution is 7.85. The minimum atomic E-state index is -4.02. The van der Waals surface area contributed by atoms with E-state index in [0.717, 1.165) is 29.5 Å². The SMILES string of the molecule is CN1CCCC1CCn1cc(C(=O)C2C(C)(C)C2(C)C)c2ccccc21.Cc1ccc(S(=O)(=O)O)cc1. The Hall–Kier alpha value is -2.48. The molecular formula is C30H40N2O4S. The summed E-state index contributed by atoms with van der Waals surface area (Å²) in [5, 5.41) is 1.12. The third kappa shape index (κ3) is 5.40. The summed E-state index contributed by atoms with van der Waals surface area (Å²) in [7, 11) is -1.79. The first-order chi connectivity index (χ1) is 17.2. The van der Waals surface area contributed by atoms with E-state index in [0.29, 0.717) is 11.8 Å². The molecule has 1 saturated heterocycles. The van der Waals surface area contributed by atoms with Gasteiger partial charge in [0, 0.05) is 41.2 Å². The van der Waals surface area contributed by atoms with Crippen LogP contribution in [-0.4, -0.2) is 47.9 Å². The second-order valence-corrected chi connectivity index (χ2v) is 13.3. The van der Waals surface area contributed by atoms with Gasteiger partial charge >= 0.3 is 0 Å². The second-order valence-electron chi connectivity index (χ2n) is 11.8. The number of aryl methyl sites for hydroxylation is 2. The largest absolute Gasteiger partial charge is 0.347 e. The summed E-state index contributed by atoms with van der Waals surface area (Å²) in [5.74, 6) is 0.447. The molecule has 0 bridgehead atoms. The summed E-state index contributed by atoms with van der Waals surface area (Å²) in [6.45, 7) is 12.9. The molecule has 1 atom stereocenters. The molecular weight excluding hydrogens is 484 g/mol. The molecule has 37 heavy (non-hydrogen) atoms. The molecule has 0 amide bonds. The number of aromatic nitrogens is 1. The summed E-state index contributed by atoms with van der Waals surface area (Å²) in [6.07, 6.45) is 5.89. The van der Waals surface area contributed by atoms with Crippen LogP contribution in [0.5, 0.6) is 0 Å². The van der Waals surface area contributed by atoms with E-state index >= 15 is 0 Å². The molecule has 1 saturated carbocycles. The molecule has 1 aliphatic heterocycles. The van der Waals surface area contributed by atoms with Gasteiger partial charge in [-0.15, -0.1) is 0 Å². The van der Waals surface area contributed by atoms with E-state index < -0.39 is 10.1 Å². The molecule has 3 aromatic rings. The Morgan fingerprint density at radius 2 is 1.65 bits per heavy atom. The molecule has 1 unspecified atom stereocenters. The third-order valence-electron chi connectivity index (χ3n) is 9.03. The Balaban J connectivity index is 0.000000245. The first-order valence-electron chi connectivity index (χ1n) is 13.1. The zero-order valence-electron chi connectivity index (χ0n) is 22.9. The van der Waals surface area contributed by atoms with Crippen molar-refractivity contribution in [3.63, 3.8) is 0 Å². The Morgan fingerprint density at radius 1 is 1.03 bits per heavy atom. The van der Waals surface area contributed by atoms with Gasteiger partial charge in [0.2, 0.25) is 0 Å². The monoisotopic (exact) mass is 524 g/mol. The minimum absolute atomic E-state index is 0.0666. The second kappa shape index (κ2) is 10.0. The summed E-state index contributed by atoms with van der Waals surface area (Å²) in [4.78, 5) is 15.8. The highest BCUT2D eigenvalue weighted by Gasteiger charge is 2.68. The standard InChI is InChI=1S/C23H32N2O.C7H8O3S/c1-22(2)21(23(22,3)4)20(26)18-15-25(19-11-7-6-10-17(18)19)14-12-16-9-8-13-24(16)5;1-6-2-4-7(5-3-6)11(8,9)10/h6-7,10-11,15-16,21H,8-9,12-14H2,1-5H3;2-5H,1H3,(H,8,9,10). The smallest absolute Gasteiger partial charge is 0.294 e. The van der Waals surface area contributed by atoms with Gasteiger partial charge < -0.3 is 9.47 Å². The number of hydrogen-bond donors (Lipinski definition) is 1. The number of carbonyl (C=O) groups excluding carboxylic acids is 1. The average Bonchev–Trinajstić information content (AvgIpc) is 3.19. The average molecular weight is 525 g/mol. The van der Waals surface area contributed by atoms with Crippen LogP contribution < -0.4 is 0 Å². The molecule has 1 N–H and O–H groups in total. The summed E-state index contributed by atoms with van der Waals surface area (Å²) in [6, 6.07) is 15.1. The molecule has 2 aromatic carbocycles. The van der Waals surface area contributed by atoms with Crippen molar-refractivity contribution < 1.29 is 17.8 Å². The Kier molecular flexibility index (Phi) is 7.45. The summed E-state index contributed by atoms with van der Waals surface area (Å²) < 4.78 is 31.9. The quantitative estimate of drug-likeness (QED) is 0.305. The third-order valence-corrected chi connectivity index (χ3v) is 9.90. The van der Waals surface area contributed by atoms with Crippen molar-refractivity contribution in [1.82, 2.24) is 9.47 Å². The first-order valence-corrected chi connectivity index (χ1v) is 14.6. The number of likely N-dealkylation sites (tertiary alicyclic amines) is 1. The van der Waals surface area contributed by atoms with Gasteiger partial charge in [0.05, 0.1) is 4.90 Å². The molecule has 1 aromatic heterocycles. The van der Waals surface area contributed by atoms with Crippen molar-refractivity contribution in [3.8, 4) is 0 Å². The van der Waals surface area contributed by atoms with Gasteiger partial charge in [-0.05, 0) is 68.8 Å². The molecule has 2 aliphatic rings. The minimum Gasteiger partial charge on any atom is -0.347 e. The van der Waals surface area contributed by atoms with Gasteiger partial charge in [-0.3, -0.25) is 9.35 Å². The summed E-state index contributed by atoms with van der Waals surface area (Å²) >= 11 is 0. The van der Waals surface area contributed by atoms with Gasteiger partial charge in [-0.25, -0.2) is 0 Å². The van der Waals surface area contributed by atoms with E-state index in [9.17, 15) is 13.2 Å². The van der Waals surface area contributed by atoms with E-state index in [2.05, 4.69) is 74.7 Å². The lowest BCUT2D eigenvalue weighted by atomic mass is 10.0. The maximum Gasteiger partial charge on any atom is 0.294 e. The molecule has 200 valence electrons. The number of Topliss-reactive ketones (excluding diaryl/α,β-unsaturated/α-hetero) is 1. The normalized spacial score (nSPS) is 21.0. The molecule has 1 aliphatic carbocycles. The van der Waals surface area contributed by atoms with Crippen LogP contribution in [0.4, 0.5) is 0 Å². The lowest BCUT2D eigenvalue weighted by molar-refractivity contribution is 0.0946. The van der Waals surface area contributed by atoms with Crippen molar-refractivity contribution in [2.45, 2.75) is 71.4 Å². The molecule has 0 radical (unpaired) electrons. The van der Waals surface area contributed by atoms with Crippen molar-refractivity contribution >= 4 is 26.8 Å². The summed E-state index contributed by atoms with van der Waals surface area (Å²) in [5.41, 5.74) is 3.24. The van der Waals surface area contributed by atoms with Gasteiger partial charge in [-0.1, -0.05) is 63.6 Å². The molecule has 2 fully saturated rings. The van der Waals surface area contributed by atoms with E-state index in [-0.39, 0.29) is 21.6 Å². The fourth-order valence-corrected chi connectivity index (χ4v) is 6.46. The van der Waals surface area contributed by atoms with Gasteiger partial charge in [-0.2, -0.15) is 8.42 Å². The molecule has 0 spiro atoms. The Bertz CT molecular complexity index is 1370. The number of para-hydroxylation sites is 1. The van der Waals surface area contributed by atoms with Crippen LogP contribution in [0.1, 0.15) is 62.9 Å². The zero-order chi connectivity index (χ0) is 27.2. The van der Waals surface area contributed by atoms with Crippen molar-refractivity contribution in [1.29, 1.82) is 0 Å². The van der Waals surface area contributed by atoms with Gasteiger partial charge in [0.15, 0.2) is 5.78 Å². The predicted octanol–water partition coefficient (Wildman–Crippen LogP) is 6.23. The van der Waals surface area contributed by atoms with Gasteiger partial charge in [0.25, 0.3) is 10.1 Å². The number of rotatable bonds is 6. The van der Waals surface area contributed by atoms with Crippen LogP contribution in [0.3, 0.4) is 0 Å². The highest BCUT2D eigenvalue weighted by atomic mass is 32.2. The van der Waals surface area contributed by atoms with Crippen LogP contribution in [0.2, 0.25) is 0 Å². The van der Waals surface area contributed by atoms with Crippen LogP contribution in [0, 0.1) is 23.7 Å². The van der Waals surface area contributed by atoms with E-state index in [1.807, 2.05) is 6.92 Å². The Labute approximate surface area is 221 Å². The zero-order valence-corrected chi connectivity index (χ0v) is 23.7. The number of benzene rings is 2. The van der Waals surface area contributed by atoms with E-state index in [4.69, 9.17) is 4.55 Å². The van der Waals surface area contributed by atoms with Crippen LogP contribution in [0.25, 0.3) is 10.9 Å². The lowest BCUT2D eigenvalue weighted by Gasteiger charge is -2.19. The number of ketones is 1. The maximum atomic E-state index is 13.4. The highest BCUT2D eigenvalue weighted by Crippen LogP contribution is 2.69. The van der Waals surface area contributed by atoms with Crippen molar-refractivity contribution in [2.24, 2.45) is 16.7 Å². The molecule has 2 heterocycles. The molecule has 7 heteroatoms. The van der Waals surface area contributed by atoms with Crippen molar-refractivity contribution in [2.75, 3.05) is 13.6 Å². The predicted molar refractivity (Wildman–Crippen MR) is 149 cm³/mol. The van der Waals surface area contributed by atoms with Crippen molar-refractivity contribution in [3.05, 3.63) is 65.9 Å². The van der Waals surface area contributed by atoms with E-state index in [1.54, 1.807) is 12.1 Å². The Morgan fingerprint density at radius 3 is 2.19 bits per heavy atom. The molecule has 6 nitrogen and oxygen atoms in total. The van der Waals surface area contributed by atoms with Crippen LogP contribution in [-0.2, 0) is 16.7 Å². The molecule has 5 rings (SSSR count). The fourth-order valence-electron chi connectivity index (χ4n) is 5.98. The maximum absolute atomic E-state index is 13.4. The van der Waals surface area contributed by atoms with Crippen LogP contribution >= 0.6 is 0 Å². The number of fused-ring (bicyclic) bond motifs is 1. The number of nitrogens with zero attached hydrogens (tertiary/aromatic N) is 2. The number of carbonyl (C=O) groups is 1. The van der Waals surface area contributed by atoms with Gasteiger partial charge in [0.1, 0.15) is 0 Å². The fraction of sp³-hybridized carbons (Fsp3) is 0.500. The topological polar surface area (TPSA) is 79.6 Å². The van der Waals surface area contributed by atoms with E-state index in [1.165, 1.54) is 37.0 Å². The number of hydrogen-bond acceptors (Lipinski definition) is 4. The lowest BCUT2D eigenvalue weighted by Crippen LogP contribution is -2.25. The first kappa shape index (κ1) is 27.6. The van der Waals surface area contributed by atoms with Crippen LogP contribution in [0.15, 0.2) is 59.6 Å².